The van der Waals surface area contributed by atoms with Crippen molar-refractivity contribution in [2.24, 2.45) is 5.92 Å². The predicted octanol–water partition coefficient (Wildman–Crippen LogP) is 1.66. The van der Waals surface area contributed by atoms with E-state index in [9.17, 15) is 4.79 Å². The Hall–Kier alpha value is -1.36. The molecule has 1 N–H and O–H groups in total. The van der Waals surface area contributed by atoms with Crippen molar-refractivity contribution in [3.8, 4) is 0 Å². The molecule has 1 aromatic rings. The molecule has 2 rings (SSSR count). The molecule has 0 spiro atoms. The maximum Gasteiger partial charge on any atom is 0.293 e. The maximum atomic E-state index is 12.1. The number of aromatic nitrogens is 2. The van der Waals surface area contributed by atoms with Crippen LogP contribution in [0, 0.1) is 5.92 Å². The van der Waals surface area contributed by atoms with Gasteiger partial charge in [0.1, 0.15) is 0 Å². The summed E-state index contributed by atoms with van der Waals surface area (Å²) in [5.74, 6) is 1.07. The van der Waals surface area contributed by atoms with Crippen molar-refractivity contribution in [2.75, 3.05) is 25.1 Å². The van der Waals surface area contributed by atoms with E-state index in [0.29, 0.717) is 11.7 Å². The molecule has 100 valence electrons. The summed E-state index contributed by atoms with van der Waals surface area (Å²) in [6, 6.07) is 0.157. The van der Waals surface area contributed by atoms with Crippen molar-refractivity contribution in [3.63, 3.8) is 0 Å². The van der Waals surface area contributed by atoms with E-state index in [0.717, 1.165) is 32.6 Å². The van der Waals surface area contributed by atoms with E-state index < -0.39 is 0 Å². The van der Waals surface area contributed by atoms with Gasteiger partial charge in [-0.2, -0.15) is 0 Å². The molecule has 0 radical (unpaired) electrons. The minimum absolute atomic E-state index is 0.0461. The smallest absolute Gasteiger partial charge is 0.293 e. The lowest BCUT2D eigenvalue weighted by molar-refractivity contribution is 0.185. The lowest BCUT2D eigenvalue weighted by Crippen LogP contribution is -2.26. The van der Waals surface area contributed by atoms with Crippen LogP contribution in [0.2, 0.25) is 0 Å². The number of anilines is 1. The van der Waals surface area contributed by atoms with Gasteiger partial charge in [-0.05, 0) is 32.6 Å². The molecule has 1 aliphatic rings. The van der Waals surface area contributed by atoms with E-state index >= 15 is 0 Å². The quantitative estimate of drug-likeness (QED) is 0.864. The van der Waals surface area contributed by atoms with Gasteiger partial charge in [0.05, 0.1) is 0 Å². The van der Waals surface area contributed by atoms with Crippen molar-refractivity contribution in [1.82, 2.24) is 9.55 Å². The Balaban J connectivity index is 1.92. The van der Waals surface area contributed by atoms with Gasteiger partial charge in [0.2, 0.25) is 0 Å². The second-order valence-corrected chi connectivity index (χ2v) is 5.03. The monoisotopic (exact) mass is 251 g/mol. The molecule has 1 atom stereocenters. The van der Waals surface area contributed by atoms with Crippen LogP contribution in [-0.4, -0.2) is 29.3 Å². The summed E-state index contributed by atoms with van der Waals surface area (Å²) >= 11 is 0. The maximum absolute atomic E-state index is 12.1. The van der Waals surface area contributed by atoms with Gasteiger partial charge in [0.15, 0.2) is 5.82 Å². The third-order valence-electron chi connectivity index (χ3n) is 3.29. The largest absolute Gasteiger partial charge is 0.381 e. The number of hydrogen-bond acceptors (Lipinski definition) is 4. The van der Waals surface area contributed by atoms with Crippen LogP contribution in [0.25, 0.3) is 0 Å². The number of nitrogens with one attached hydrogen (secondary N) is 1. The summed E-state index contributed by atoms with van der Waals surface area (Å²) in [5.41, 5.74) is -0.0461. The Morgan fingerprint density at radius 3 is 3.11 bits per heavy atom. The van der Waals surface area contributed by atoms with Gasteiger partial charge in [-0.15, -0.1) is 0 Å². The van der Waals surface area contributed by atoms with Gasteiger partial charge >= 0.3 is 0 Å². The molecular formula is C13H21N3O2. The molecule has 0 aliphatic carbocycles. The van der Waals surface area contributed by atoms with Crippen molar-refractivity contribution in [2.45, 2.75) is 32.7 Å². The lowest BCUT2D eigenvalue weighted by Gasteiger charge is -2.12. The Bertz CT molecular complexity index is 436. The van der Waals surface area contributed by atoms with Crippen molar-refractivity contribution < 1.29 is 4.74 Å². The van der Waals surface area contributed by atoms with Crippen LogP contribution >= 0.6 is 0 Å². The minimum atomic E-state index is -0.0461. The van der Waals surface area contributed by atoms with Crippen molar-refractivity contribution >= 4 is 5.82 Å². The van der Waals surface area contributed by atoms with Crippen LogP contribution in [-0.2, 0) is 4.74 Å². The zero-order valence-corrected chi connectivity index (χ0v) is 11.1. The SMILES string of the molecule is CC(C)n1ccnc(NCCC2CCOC2)c1=O. The molecule has 0 aromatic carbocycles. The topological polar surface area (TPSA) is 56.1 Å². The van der Waals surface area contributed by atoms with Crippen LogP contribution < -0.4 is 10.9 Å². The molecule has 2 heterocycles. The zero-order chi connectivity index (χ0) is 13.0. The Kier molecular flexibility index (Phi) is 4.36. The molecule has 1 aliphatic heterocycles. The summed E-state index contributed by atoms with van der Waals surface area (Å²) in [7, 11) is 0. The first kappa shape index (κ1) is 13.1. The Morgan fingerprint density at radius 1 is 1.61 bits per heavy atom. The predicted molar refractivity (Wildman–Crippen MR) is 70.9 cm³/mol. The summed E-state index contributed by atoms with van der Waals surface area (Å²) in [4.78, 5) is 16.2. The molecule has 1 fully saturated rings. The highest BCUT2D eigenvalue weighted by atomic mass is 16.5. The molecule has 18 heavy (non-hydrogen) atoms. The van der Waals surface area contributed by atoms with Gasteiger partial charge < -0.3 is 14.6 Å². The van der Waals surface area contributed by atoms with Gasteiger partial charge in [0.25, 0.3) is 5.56 Å². The minimum Gasteiger partial charge on any atom is -0.381 e. The molecule has 1 saturated heterocycles. The fraction of sp³-hybridized carbons (Fsp3) is 0.692. The van der Waals surface area contributed by atoms with Crippen LogP contribution in [0.1, 0.15) is 32.7 Å². The lowest BCUT2D eigenvalue weighted by atomic mass is 10.1. The molecule has 0 amide bonds. The average molecular weight is 251 g/mol. The normalized spacial score (nSPS) is 19.4. The van der Waals surface area contributed by atoms with Crippen molar-refractivity contribution in [3.05, 3.63) is 22.7 Å². The molecular weight excluding hydrogens is 230 g/mol. The van der Waals surface area contributed by atoms with E-state index in [4.69, 9.17) is 4.74 Å². The van der Waals surface area contributed by atoms with Gasteiger partial charge in [-0.25, -0.2) is 4.98 Å². The third-order valence-corrected chi connectivity index (χ3v) is 3.29. The fourth-order valence-electron chi connectivity index (χ4n) is 2.16. The molecule has 1 aromatic heterocycles. The van der Waals surface area contributed by atoms with Gasteiger partial charge in [0, 0.05) is 38.2 Å². The highest BCUT2D eigenvalue weighted by Gasteiger charge is 2.15. The molecule has 0 saturated carbocycles. The third kappa shape index (κ3) is 3.10. The van der Waals surface area contributed by atoms with Crippen LogP contribution in [0.5, 0.6) is 0 Å². The Labute approximate surface area is 107 Å². The first-order valence-electron chi connectivity index (χ1n) is 6.57. The summed E-state index contributed by atoms with van der Waals surface area (Å²) in [5, 5.41) is 3.14. The van der Waals surface area contributed by atoms with Crippen molar-refractivity contribution in [1.29, 1.82) is 0 Å². The second-order valence-electron chi connectivity index (χ2n) is 5.03. The van der Waals surface area contributed by atoms with E-state index in [1.54, 1.807) is 17.0 Å². The zero-order valence-electron chi connectivity index (χ0n) is 11.1. The Morgan fingerprint density at radius 2 is 2.44 bits per heavy atom. The summed E-state index contributed by atoms with van der Waals surface area (Å²) < 4.78 is 7.01. The summed E-state index contributed by atoms with van der Waals surface area (Å²) in [6.07, 6.45) is 5.54. The molecule has 0 bridgehead atoms. The number of nitrogens with zero attached hydrogens (tertiary/aromatic N) is 2. The first-order valence-corrected chi connectivity index (χ1v) is 6.57. The number of hydrogen-bond donors (Lipinski definition) is 1. The van der Waals surface area contributed by atoms with Crippen LogP contribution in [0.15, 0.2) is 17.2 Å². The average Bonchev–Trinajstić information content (AvgIpc) is 2.84. The van der Waals surface area contributed by atoms with Gasteiger partial charge in [-0.3, -0.25) is 4.79 Å². The number of rotatable bonds is 5. The van der Waals surface area contributed by atoms with E-state index in [-0.39, 0.29) is 11.6 Å². The van der Waals surface area contributed by atoms with Gasteiger partial charge in [-0.1, -0.05) is 0 Å². The molecule has 5 heteroatoms. The molecule has 5 nitrogen and oxygen atoms in total. The highest BCUT2D eigenvalue weighted by molar-refractivity contribution is 5.30. The summed E-state index contributed by atoms with van der Waals surface area (Å²) in [6.45, 7) is 6.47. The van der Waals surface area contributed by atoms with Crippen LogP contribution in [0.3, 0.4) is 0 Å². The fourth-order valence-corrected chi connectivity index (χ4v) is 2.16. The second kappa shape index (κ2) is 6.00. The van der Waals surface area contributed by atoms with E-state index in [1.165, 1.54) is 0 Å². The van der Waals surface area contributed by atoms with E-state index in [1.807, 2.05) is 13.8 Å². The number of ether oxygens (including phenoxy) is 1. The first-order chi connectivity index (χ1) is 8.68. The van der Waals surface area contributed by atoms with E-state index in [2.05, 4.69) is 10.3 Å². The molecule has 1 unspecified atom stereocenters. The standard InChI is InChI=1S/C13H21N3O2/c1-10(2)16-7-6-15-12(13(16)17)14-5-3-11-4-8-18-9-11/h6-7,10-11H,3-5,8-9H2,1-2H3,(H,14,15). The highest BCUT2D eigenvalue weighted by Crippen LogP contribution is 2.15. The van der Waals surface area contributed by atoms with Crippen LogP contribution in [0.4, 0.5) is 5.82 Å².